The van der Waals surface area contributed by atoms with Crippen molar-refractivity contribution in [3.05, 3.63) is 0 Å². The van der Waals surface area contributed by atoms with Crippen LogP contribution in [0.15, 0.2) is 0 Å². The first kappa shape index (κ1) is 7.90. The van der Waals surface area contributed by atoms with Gasteiger partial charge in [0.15, 0.2) is 0 Å². The average molecular weight is 172 g/mol. The Morgan fingerprint density at radius 2 is 2.36 bits per heavy atom. The van der Waals surface area contributed by atoms with Gasteiger partial charge < -0.3 is 10.6 Å². The van der Waals surface area contributed by atoms with Gasteiger partial charge in [-0.3, -0.25) is 0 Å². The third kappa shape index (κ3) is 1.30. The highest BCUT2D eigenvalue weighted by molar-refractivity contribution is 7.81. The zero-order valence-corrected chi connectivity index (χ0v) is 7.82. The lowest BCUT2D eigenvalue weighted by atomic mass is 9.86. The van der Waals surface area contributed by atoms with Gasteiger partial charge in [-0.15, -0.1) is 0 Å². The Hall–Kier alpha value is 0.270. The molecule has 0 aromatic heterocycles. The zero-order valence-electron chi connectivity index (χ0n) is 6.93. The van der Waals surface area contributed by atoms with Crippen molar-refractivity contribution in [3.63, 3.8) is 0 Å². The Morgan fingerprint density at radius 3 is 3.09 bits per heavy atom. The lowest BCUT2D eigenvalue weighted by Crippen LogP contribution is -2.57. The molecule has 2 N–H and O–H groups in total. The van der Waals surface area contributed by atoms with E-state index in [-0.39, 0.29) is 4.75 Å². The van der Waals surface area contributed by atoms with E-state index in [1.165, 1.54) is 19.5 Å². The monoisotopic (exact) mass is 172 g/mol. The Labute approximate surface area is 73.5 Å². The molecule has 3 unspecified atom stereocenters. The van der Waals surface area contributed by atoms with Crippen molar-refractivity contribution >= 4 is 12.6 Å². The van der Waals surface area contributed by atoms with Gasteiger partial charge in [-0.1, -0.05) is 0 Å². The lowest BCUT2D eigenvalue weighted by molar-refractivity contribution is 0.293. The van der Waals surface area contributed by atoms with E-state index in [2.05, 4.69) is 30.2 Å². The van der Waals surface area contributed by atoms with E-state index in [4.69, 9.17) is 0 Å². The predicted octanol–water partition coefficient (Wildman–Crippen LogP) is 0.256. The SMILES string of the molecule is CC1(S)CNCC2CCNC21. The molecule has 0 aliphatic carbocycles. The second kappa shape index (κ2) is 2.64. The Bertz CT molecular complexity index is 158. The van der Waals surface area contributed by atoms with Gasteiger partial charge in [0.1, 0.15) is 0 Å². The standard InChI is InChI=1S/C8H16N2S/c1-8(11)5-9-4-6-2-3-10-7(6)8/h6-7,9-11H,2-5H2,1H3. The van der Waals surface area contributed by atoms with Crippen LogP contribution in [0.5, 0.6) is 0 Å². The quantitative estimate of drug-likeness (QED) is 0.457. The summed E-state index contributed by atoms with van der Waals surface area (Å²) in [6.07, 6.45) is 1.31. The molecule has 2 fully saturated rings. The Morgan fingerprint density at radius 1 is 1.55 bits per heavy atom. The minimum absolute atomic E-state index is 0.152. The second-order valence-electron chi connectivity index (χ2n) is 3.97. The minimum Gasteiger partial charge on any atom is -0.315 e. The fourth-order valence-corrected chi connectivity index (χ4v) is 2.74. The molecule has 11 heavy (non-hydrogen) atoms. The van der Waals surface area contributed by atoms with Crippen molar-refractivity contribution in [2.45, 2.75) is 24.1 Å². The topological polar surface area (TPSA) is 24.1 Å². The molecule has 64 valence electrons. The number of fused-ring (bicyclic) bond motifs is 1. The van der Waals surface area contributed by atoms with Crippen LogP contribution in [0.4, 0.5) is 0 Å². The summed E-state index contributed by atoms with van der Waals surface area (Å²) >= 11 is 4.67. The van der Waals surface area contributed by atoms with Gasteiger partial charge in [0.25, 0.3) is 0 Å². The van der Waals surface area contributed by atoms with Gasteiger partial charge in [-0.2, -0.15) is 12.6 Å². The van der Waals surface area contributed by atoms with E-state index in [9.17, 15) is 0 Å². The fourth-order valence-electron chi connectivity index (χ4n) is 2.33. The van der Waals surface area contributed by atoms with Crippen molar-refractivity contribution in [1.29, 1.82) is 0 Å². The maximum Gasteiger partial charge on any atom is 0.0382 e. The van der Waals surface area contributed by atoms with Crippen molar-refractivity contribution in [1.82, 2.24) is 10.6 Å². The van der Waals surface area contributed by atoms with Gasteiger partial charge in [0.05, 0.1) is 0 Å². The Kier molecular flexibility index (Phi) is 1.90. The molecule has 0 spiro atoms. The number of hydrogen-bond acceptors (Lipinski definition) is 3. The van der Waals surface area contributed by atoms with Crippen LogP contribution in [0, 0.1) is 5.92 Å². The molecule has 2 aliphatic heterocycles. The van der Waals surface area contributed by atoms with E-state index in [1.54, 1.807) is 0 Å². The van der Waals surface area contributed by atoms with Crippen molar-refractivity contribution < 1.29 is 0 Å². The molecule has 2 heterocycles. The van der Waals surface area contributed by atoms with Crippen LogP contribution in [0.3, 0.4) is 0 Å². The van der Waals surface area contributed by atoms with Crippen LogP contribution in [0.1, 0.15) is 13.3 Å². The summed E-state index contributed by atoms with van der Waals surface area (Å²) in [6.45, 7) is 5.60. The van der Waals surface area contributed by atoms with Crippen LogP contribution in [0.2, 0.25) is 0 Å². The van der Waals surface area contributed by atoms with Crippen molar-refractivity contribution in [2.75, 3.05) is 19.6 Å². The van der Waals surface area contributed by atoms with Crippen molar-refractivity contribution in [2.24, 2.45) is 5.92 Å². The van der Waals surface area contributed by atoms with Crippen molar-refractivity contribution in [3.8, 4) is 0 Å². The van der Waals surface area contributed by atoms with Gasteiger partial charge in [-0.25, -0.2) is 0 Å². The molecule has 3 atom stereocenters. The van der Waals surface area contributed by atoms with Crippen LogP contribution in [0.25, 0.3) is 0 Å². The maximum atomic E-state index is 4.67. The van der Waals surface area contributed by atoms with Crippen LogP contribution < -0.4 is 10.6 Å². The summed E-state index contributed by atoms with van der Waals surface area (Å²) < 4.78 is 0.152. The van der Waals surface area contributed by atoms with Gasteiger partial charge in [0, 0.05) is 17.3 Å². The summed E-state index contributed by atoms with van der Waals surface area (Å²) in [4.78, 5) is 0. The molecule has 0 aromatic rings. The highest BCUT2D eigenvalue weighted by Gasteiger charge is 2.41. The molecular weight excluding hydrogens is 156 g/mol. The summed E-state index contributed by atoms with van der Waals surface area (Å²) in [5, 5.41) is 6.96. The molecule has 2 saturated heterocycles. The first-order valence-corrected chi connectivity index (χ1v) is 4.81. The zero-order chi connectivity index (χ0) is 7.90. The highest BCUT2D eigenvalue weighted by atomic mass is 32.1. The maximum absolute atomic E-state index is 4.67. The van der Waals surface area contributed by atoms with Crippen LogP contribution in [-0.4, -0.2) is 30.4 Å². The molecule has 0 amide bonds. The number of thiol groups is 1. The third-order valence-corrected chi connectivity index (χ3v) is 3.35. The molecular formula is C8H16N2S. The number of hydrogen-bond donors (Lipinski definition) is 3. The summed E-state index contributed by atoms with van der Waals surface area (Å²) in [5.41, 5.74) is 0. The molecule has 0 saturated carbocycles. The van der Waals surface area contributed by atoms with Crippen LogP contribution >= 0.6 is 12.6 Å². The number of nitrogens with one attached hydrogen (secondary N) is 2. The highest BCUT2D eigenvalue weighted by Crippen LogP contribution is 2.31. The Balaban J connectivity index is 2.13. The summed E-state index contributed by atoms with van der Waals surface area (Å²) in [6, 6.07) is 0.632. The van der Waals surface area contributed by atoms with E-state index in [0.29, 0.717) is 6.04 Å². The fraction of sp³-hybridized carbons (Fsp3) is 1.00. The average Bonchev–Trinajstić information content (AvgIpc) is 2.34. The van der Waals surface area contributed by atoms with Gasteiger partial charge in [0.2, 0.25) is 0 Å². The normalized spacial score (nSPS) is 50.7. The second-order valence-corrected chi connectivity index (χ2v) is 4.99. The van der Waals surface area contributed by atoms with Gasteiger partial charge in [-0.05, 0) is 32.4 Å². The predicted molar refractivity (Wildman–Crippen MR) is 50.2 cm³/mol. The van der Waals surface area contributed by atoms with E-state index in [1.807, 2.05) is 0 Å². The van der Waals surface area contributed by atoms with E-state index in [0.717, 1.165) is 12.5 Å². The molecule has 3 heteroatoms. The largest absolute Gasteiger partial charge is 0.315 e. The number of piperidine rings is 1. The molecule has 2 nitrogen and oxygen atoms in total. The molecule has 0 radical (unpaired) electrons. The molecule has 0 aromatic carbocycles. The first-order chi connectivity index (χ1) is 5.20. The molecule has 0 bridgehead atoms. The summed E-state index contributed by atoms with van der Waals surface area (Å²) in [5.74, 6) is 0.811. The van der Waals surface area contributed by atoms with Gasteiger partial charge >= 0.3 is 0 Å². The molecule has 2 aliphatic rings. The molecule has 2 rings (SSSR count). The van der Waals surface area contributed by atoms with E-state index >= 15 is 0 Å². The lowest BCUT2D eigenvalue weighted by Gasteiger charge is -2.39. The first-order valence-electron chi connectivity index (χ1n) is 4.37. The third-order valence-electron chi connectivity index (χ3n) is 2.91. The van der Waals surface area contributed by atoms with Crippen LogP contribution in [-0.2, 0) is 0 Å². The minimum atomic E-state index is 0.152. The number of rotatable bonds is 0. The van der Waals surface area contributed by atoms with E-state index < -0.39 is 0 Å². The smallest absolute Gasteiger partial charge is 0.0382 e. The summed E-state index contributed by atoms with van der Waals surface area (Å²) in [7, 11) is 0.